The highest BCUT2D eigenvalue weighted by atomic mass is 35.5. The highest BCUT2D eigenvalue weighted by Gasteiger charge is 2.18. The summed E-state index contributed by atoms with van der Waals surface area (Å²) in [5.41, 5.74) is 1.92. The van der Waals surface area contributed by atoms with Gasteiger partial charge in [0.05, 0.1) is 5.69 Å². The van der Waals surface area contributed by atoms with Crippen LogP contribution in [0.1, 0.15) is 33.1 Å². The molecule has 18 heavy (non-hydrogen) atoms. The molecule has 1 atom stereocenters. The zero-order valence-corrected chi connectivity index (χ0v) is 12.3. The minimum absolute atomic E-state index is 0.658. The fourth-order valence-corrected chi connectivity index (χ4v) is 1.73. The Labute approximate surface area is 119 Å². The molecule has 0 aliphatic rings. The summed E-state index contributed by atoms with van der Waals surface area (Å²) in [5, 5.41) is 8.98. The summed E-state index contributed by atoms with van der Waals surface area (Å²) < 4.78 is 0. The molecule has 0 aliphatic heterocycles. The van der Waals surface area contributed by atoms with E-state index in [9.17, 15) is 0 Å². The summed E-state index contributed by atoms with van der Waals surface area (Å²) in [7, 11) is 0. The van der Waals surface area contributed by atoms with Crippen molar-refractivity contribution in [2.45, 2.75) is 38.1 Å². The first-order valence-corrected chi connectivity index (χ1v) is 6.66. The molecule has 1 unspecified atom stereocenters. The van der Waals surface area contributed by atoms with Crippen molar-refractivity contribution in [2.75, 3.05) is 0 Å². The third-order valence-corrected chi connectivity index (χ3v) is 2.95. The fourth-order valence-electron chi connectivity index (χ4n) is 1.43. The third-order valence-electron chi connectivity index (χ3n) is 2.44. The monoisotopic (exact) mass is 284 g/mol. The Kier molecular flexibility index (Phi) is 5.83. The normalized spacial score (nSPS) is 14.7. The average Bonchev–Trinajstić information content (AvgIpc) is 2.27. The number of nitrogens with zero attached hydrogens (tertiary/aromatic N) is 2. The van der Waals surface area contributed by atoms with Gasteiger partial charge in [-0.25, -0.2) is 0 Å². The van der Waals surface area contributed by atoms with Crippen LogP contribution in [0.5, 0.6) is 0 Å². The van der Waals surface area contributed by atoms with Crippen molar-refractivity contribution in [1.29, 1.82) is 0 Å². The lowest BCUT2D eigenvalue weighted by atomic mass is 10.1. The molecule has 0 aromatic heterocycles. The molecule has 0 aliphatic carbocycles. The van der Waals surface area contributed by atoms with Gasteiger partial charge in [0.15, 0.2) is 5.00 Å². The van der Waals surface area contributed by atoms with E-state index >= 15 is 0 Å². The van der Waals surface area contributed by atoms with Crippen LogP contribution in [-0.4, -0.2) is 5.00 Å². The molecule has 0 bridgehead atoms. The fraction of sp³-hybridized carbons (Fsp3) is 0.429. The van der Waals surface area contributed by atoms with Crippen molar-refractivity contribution in [2.24, 2.45) is 10.2 Å². The first-order valence-electron chi connectivity index (χ1n) is 5.91. The number of hydrogen-bond donors (Lipinski definition) is 0. The maximum Gasteiger partial charge on any atom is 0.152 e. The minimum Gasteiger partial charge on any atom is -0.166 e. The van der Waals surface area contributed by atoms with Crippen molar-refractivity contribution in [3.05, 3.63) is 41.4 Å². The highest BCUT2D eigenvalue weighted by Crippen LogP contribution is 2.27. The maximum atomic E-state index is 6.28. The van der Waals surface area contributed by atoms with Gasteiger partial charge in [-0.3, -0.25) is 0 Å². The topological polar surface area (TPSA) is 24.7 Å². The lowest BCUT2D eigenvalue weighted by Gasteiger charge is -2.14. The van der Waals surface area contributed by atoms with Gasteiger partial charge in [-0.2, -0.15) is 10.2 Å². The Hall–Kier alpha value is -0.860. The minimum atomic E-state index is -0.658. The van der Waals surface area contributed by atoms with Crippen LogP contribution in [0.15, 0.2) is 46.6 Å². The molecule has 0 spiro atoms. The second-order valence-corrected chi connectivity index (χ2v) is 5.88. The summed E-state index contributed by atoms with van der Waals surface area (Å²) in [4.78, 5) is -0.658. The number of azo groups is 1. The molecule has 0 amide bonds. The van der Waals surface area contributed by atoms with E-state index in [2.05, 4.69) is 16.8 Å². The first-order chi connectivity index (χ1) is 8.39. The van der Waals surface area contributed by atoms with Crippen molar-refractivity contribution in [1.82, 2.24) is 0 Å². The summed E-state index contributed by atoms with van der Waals surface area (Å²) in [6.07, 6.45) is 2.71. The van der Waals surface area contributed by atoms with Gasteiger partial charge in [0.2, 0.25) is 0 Å². The van der Waals surface area contributed by atoms with E-state index in [0.29, 0.717) is 5.02 Å². The summed E-state index contributed by atoms with van der Waals surface area (Å²) in [5.74, 6) is 0. The Balaban J connectivity index is 2.53. The molecule has 1 aromatic rings. The predicted octanol–water partition coefficient (Wildman–Crippen LogP) is 6.13. The maximum absolute atomic E-state index is 6.28. The molecule has 0 saturated carbocycles. The van der Waals surface area contributed by atoms with E-state index in [1.54, 1.807) is 12.1 Å². The van der Waals surface area contributed by atoms with Gasteiger partial charge in [-0.1, -0.05) is 28.8 Å². The van der Waals surface area contributed by atoms with E-state index < -0.39 is 5.00 Å². The van der Waals surface area contributed by atoms with Gasteiger partial charge in [-0.05, 0) is 57.4 Å². The van der Waals surface area contributed by atoms with Crippen LogP contribution >= 0.6 is 23.2 Å². The zero-order valence-electron chi connectivity index (χ0n) is 10.8. The molecule has 98 valence electrons. The average molecular weight is 285 g/mol. The molecule has 2 nitrogen and oxygen atoms in total. The molecule has 0 saturated heterocycles. The van der Waals surface area contributed by atoms with Crippen molar-refractivity contribution >= 4 is 28.9 Å². The van der Waals surface area contributed by atoms with E-state index in [1.165, 1.54) is 0 Å². The van der Waals surface area contributed by atoms with Crippen LogP contribution in [0.2, 0.25) is 5.02 Å². The van der Waals surface area contributed by atoms with Gasteiger partial charge in [0.25, 0.3) is 0 Å². The van der Waals surface area contributed by atoms with Gasteiger partial charge < -0.3 is 0 Å². The Morgan fingerprint density at radius 3 is 2.50 bits per heavy atom. The summed E-state index contributed by atoms with van der Waals surface area (Å²) >= 11 is 12.1. The Morgan fingerprint density at radius 1 is 1.33 bits per heavy atom. The molecular formula is C14H18Cl2N2. The number of hydrogen-bond acceptors (Lipinski definition) is 2. The summed E-state index contributed by atoms with van der Waals surface area (Å²) in [6, 6.07) is 7.19. The van der Waals surface area contributed by atoms with Crippen LogP contribution in [0, 0.1) is 0 Å². The van der Waals surface area contributed by atoms with Crippen molar-refractivity contribution in [3.63, 3.8) is 0 Å². The highest BCUT2D eigenvalue weighted by molar-refractivity contribution is 6.30. The van der Waals surface area contributed by atoms with Crippen molar-refractivity contribution < 1.29 is 0 Å². The molecule has 1 aromatic carbocycles. The van der Waals surface area contributed by atoms with E-state index in [4.69, 9.17) is 23.2 Å². The Morgan fingerprint density at radius 2 is 1.94 bits per heavy atom. The Bertz CT molecular complexity index is 422. The number of alkyl halides is 1. The molecule has 0 heterocycles. The SMILES string of the molecule is C=C(C)CCCC(C)(Cl)N=Nc1ccc(Cl)cc1. The van der Waals surface area contributed by atoms with Gasteiger partial charge in [0.1, 0.15) is 0 Å². The van der Waals surface area contributed by atoms with Crippen LogP contribution < -0.4 is 0 Å². The smallest absolute Gasteiger partial charge is 0.152 e. The van der Waals surface area contributed by atoms with Crippen LogP contribution in [0.25, 0.3) is 0 Å². The number of benzene rings is 1. The van der Waals surface area contributed by atoms with Gasteiger partial charge in [-0.15, -0.1) is 6.58 Å². The van der Waals surface area contributed by atoms with Crippen LogP contribution in [0.3, 0.4) is 0 Å². The van der Waals surface area contributed by atoms with E-state index in [0.717, 1.165) is 30.5 Å². The molecule has 0 radical (unpaired) electrons. The second kappa shape index (κ2) is 6.91. The van der Waals surface area contributed by atoms with Crippen LogP contribution in [0.4, 0.5) is 5.69 Å². The zero-order chi connectivity index (χ0) is 13.6. The van der Waals surface area contributed by atoms with Gasteiger partial charge >= 0.3 is 0 Å². The molecule has 0 N–H and O–H groups in total. The van der Waals surface area contributed by atoms with Gasteiger partial charge in [0, 0.05) is 5.02 Å². The molecule has 0 fully saturated rings. The lowest BCUT2D eigenvalue weighted by molar-refractivity contribution is 0.548. The number of rotatable bonds is 6. The van der Waals surface area contributed by atoms with E-state index in [-0.39, 0.29) is 0 Å². The number of allylic oxidation sites excluding steroid dienone is 1. The second-order valence-electron chi connectivity index (χ2n) is 4.63. The largest absolute Gasteiger partial charge is 0.166 e. The lowest BCUT2D eigenvalue weighted by Crippen LogP contribution is -2.11. The third kappa shape index (κ3) is 6.18. The summed E-state index contributed by atoms with van der Waals surface area (Å²) in [6.45, 7) is 7.75. The molecule has 1 rings (SSSR count). The first kappa shape index (κ1) is 15.2. The quantitative estimate of drug-likeness (QED) is 0.260. The van der Waals surface area contributed by atoms with Crippen molar-refractivity contribution in [3.8, 4) is 0 Å². The standard InChI is InChI=1S/C14H18Cl2N2/c1-11(2)5-4-10-14(3,16)18-17-13-8-6-12(15)7-9-13/h6-9H,1,4-5,10H2,2-3H3. The van der Waals surface area contributed by atoms with E-state index in [1.807, 2.05) is 26.0 Å². The predicted molar refractivity (Wildman–Crippen MR) is 78.9 cm³/mol. The molecule has 4 heteroatoms. The number of halogens is 2. The van der Waals surface area contributed by atoms with Crippen LogP contribution in [-0.2, 0) is 0 Å². The molecular weight excluding hydrogens is 267 g/mol.